The van der Waals surface area contributed by atoms with Crippen LogP contribution in [0.25, 0.3) is 0 Å². The van der Waals surface area contributed by atoms with Gasteiger partial charge in [0, 0.05) is 19.6 Å². The lowest BCUT2D eigenvalue weighted by Gasteiger charge is -2.37. The number of likely N-dealkylation sites (N-methyl/N-ethyl adjacent to an activating group) is 1. The Balaban J connectivity index is 2.23. The third-order valence-corrected chi connectivity index (χ3v) is 3.81. The van der Waals surface area contributed by atoms with E-state index in [2.05, 4.69) is 24.2 Å². The van der Waals surface area contributed by atoms with Crippen molar-refractivity contribution in [1.29, 1.82) is 0 Å². The molecule has 2 unspecified atom stereocenters. The second kappa shape index (κ2) is 8.38. The fourth-order valence-electron chi connectivity index (χ4n) is 2.21. The summed E-state index contributed by atoms with van der Waals surface area (Å²) in [6.45, 7) is 10.3. The lowest BCUT2D eigenvalue weighted by Crippen LogP contribution is -2.55. The third kappa shape index (κ3) is 5.37. The van der Waals surface area contributed by atoms with Crippen molar-refractivity contribution in [3.05, 3.63) is 0 Å². The largest absolute Gasteiger partial charge is 0.375 e. The van der Waals surface area contributed by atoms with Gasteiger partial charge in [-0.2, -0.15) is 0 Å². The van der Waals surface area contributed by atoms with Gasteiger partial charge in [-0.3, -0.25) is 0 Å². The number of hydrogen-bond donors (Lipinski definition) is 1. The second-order valence-electron chi connectivity index (χ2n) is 5.40. The molecule has 0 aliphatic carbocycles. The zero-order chi connectivity index (χ0) is 14.3. The van der Waals surface area contributed by atoms with Gasteiger partial charge in [-0.25, -0.2) is 4.79 Å². The Hall–Kier alpha value is -0.810. The van der Waals surface area contributed by atoms with E-state index in [0.29, 0.717) is 19.7 Å². The fraction of sp³-hybridized carbons (Fsp3) is 0.929. The molecule has 112 valence electrons. The Morgan fingerprint density at radius 3 is 2.84 bits per heavy atom. The minimum atomic E-state index is 0.0338. The quantitative estimate of drug-likeness (QED) is 0.797. The van der Waals surface area contributed by atoms with Crippen molar-refractivity contribution in [2.45, 2.75) is 45.8 Å². The summed E-state index contributed by atoms with van der Waals surface area (Å²) in [6, 6.07) is 0.179. The van der Waals surface area contributed by atoms with Gasteiger partial charge >= 0.3 is 6.03 Å². The molecule has 1 heterocycles. The Morgan fingerprint density at radius 1 is 1.42 bits per heavy atom. The van der Waals surface area contributed by atoms with Crippen molar-refractivity contribution in [2.75, 3.05) is 39.8 Å². The Morgan fingerprint density at radius 2 is 2.16 bits per heavy atom. The molecule has 0 spiro atoms. The van der Waals surface area contributed by atoms with Crippen LogP contribution in [0.5, 0.6) is 0 Å². The second-order valence-corrected chi connectivity index (χ2v) is 5.40. The normalized spacial score (nSPS) is 23.7. The number of amides is 2. The van der Waals surface area contributed by atoms with Crippen LogP contribution in [-0.4, -0.2) is 67.8 Å². The average Bonchev–Trinajstić information content (AvgIpc) is 2.39. The van der Waals surface area contributed by atoms with E-state index in [1.54, 1.807) is 0 Å². The molecule has 1 aliphatic heterocycles. The maximum atomic E-state index is 12.1. The fourth-order valence-corrected chi connectivity index (χ4v) is 2.21. The number of unbranched alkanes of at least 4 members (excludes halogenated alkanes) is 1. The number of hydrogen-bond acceptors (Lipinski definition) is 3. The standard InChI is InChI=1S/C14H29N3O2/c1-5-6-8-16(4)9-7-15-14(18)17-10-11-19-13(3)12(17)2/h12-13H,5-11H2,1-4H3,(H,15,18). The number of nitrogens with zero attached hydrogens (tertiary/aromatic N) is 2. The molecule has 0 aromatic heterocycles. The van der Waals surface area contributed by atoms with Gasteiger partial charge in [0.15, 0.2) is 0 Å². The highest BCUT2D eigenvalue weighted by Crippen LogP contribution is 2.13. The molecular weight excluding hydrogens is 242 g/mol. The van der Waals surface area contributed by atoms with E-state index in [0.717, 1.165) is 13.1 Å². The maximum Gasteiger partial charge on any atom is 0.317 e. The lowest BCUT2D eigenvalue weighted by atomic mass is 10.1. The molecule has 0 saturated carbocycles. The van der Waals surface area contributed by atoms with Crippen LogP contribution in [0.4, 0.5) is 4.79 Å². The van der Waals surface area contributed by atoms with E-state index in [1.165, 1.54) is 12.8 Å². The highest BCUT2D eigenvalue weighted by Gasteiger charge is 2.28. The van der Waals surface area contributed by atoms with Crippen LogP contribution >= 0.6 is 0 Å². The van der Waals surface area contributed by atoms with Crippen molar-refractivity contribution in [3.63, 3.8) is 0 Å². The van der Waals surface area contributed by atoms with Crippen molar-refractivity contribution in [1.82, 2.24) is 15.1 Å². The molecular formula is C14H29N3O2. The molecule has 1 saturated heterocycles. The van der Waals surface area contributed by atoms with Crippen LogP contribution in [0, 0.1) is 0 Å². The van der Waals surface area contributed by atoms with Crippen LogP contribution in [0.3, 0.4) is 0 Å². The van der Waals surface area contributed by atoms with Gasteiger partial charge in [0.2, 0.25) is 0 Å². The zero-order valence-electron chi connectivity index (χ0n) is 12.8. The maximum absolute atomic E-state index is 12.1. The summed E-state index contributed by atoms with van der Waals surface area (Å²) in [5, 5.41) is 3.00. The van der Waals surface area contributed by atoms with Crippen molar-refractivity contribution >= 4 is 6.03 Å². The van der Waals surface area contributed by atoms with Gasteiger partial charge in [0.1, 0.15) is 0 Å². The Bertz CT molecular complexity index is 273. The number of urea groups is 1. The summed E-state index contributed by atoms with van der Waals surface area (Å²) in [7, 11) is 2.10. The average molecular weight is 271 g/mol. The van der Waals surface area contributed by atoms with Crippen LogP contribution in [0.2, 0.25) is 0 Å². The monoisotopic (exact) mass is 271 g/mol. The summed E-state index contributed by atoms with van der Waals surface area (Å²) in [4.78, 5) is 16.2. The molecule has 1 aliphatic rings. The predicted molar refractivity (Wildman–Crippen MR) is 77.4 cm³/mol. The van der Waals surface area contributed by atoms with E-state index in [-0.39, 0.29) is 18.2 Å². The molecule has 0 aromatic carbocycles. The highest BCUT2D eigenvalue weighted by molar-refractivity contribution is 5.74. The SMILES string of the molecule is CCCCN(C)CCNC(=O)N1CCOC(C)C1C. The predicted octanol–water partition coefficient (Wildman–Crippen LogP) is 1.54. The van der Waals surface area contributed by atoms with E-state index in [1.807, 2.05) is 18.7 Å². The minimum Gasteiger partial charge on any atom is -0.375 e. The smallest absolute Gasteiger partial charge is 0.317 e. The summed E-state index contributed by atoms with van der Waals surface area (Å²) < 4.78 is 5.53. The van der Waals surface area contributed by atoms with Gasteiger partial charge in [-0.05, 0) is 33.9 Å². The lowest BCUT2D eigenvalue weighted by molar-refractivity contribution is -0.0376. The van der Waals surface area contributed by atoms with Crippen molar-refractivity contribution < 1.29 is 9.53 Å². The summed E-state index contributed by atoms with van der Waals surface area (Å²) in [5.41, 5.74) is 0. The first-order chi connectivity index (χ1) is 9.06. The summed E-state index contributed by atoms with van der Waals surface area (Å²) in [5.74, 6) is 0. The number of carbonyl (C=O) groups is 1. The first-order valence-electron chi connectivity index (χ1n) is 7.40. The molecule has 1 fully saturated rings. The van der Waals surface area contributed by atoms with Crippen LogP contribution in [-0.2, 0) is 4.74 Å². The number of ether oxygens (including phenoxy) is 1. The molecule has 0 bridgehead atoms. The minimum absolute atomic E-state index is 0.0338. The van der Waals surface area contributed by atoms with E-state index < -0.39 is 0 Å². The van der Waals surface area contributed by atoms with Gasteiger partial charge in [0.25, 0.3) is 0 Å². The molecule has 1 N–H and O–H groups in total. The molecule has 5 nitrogen and oxygen atoms in total. The van der Waals surface area contributed by atoms with Gasteiger partial charge in [-0.15, -0.1) is 0 Å². The number of rotatable bonds is 6. The van der Waals surface area contributed by atoms with Crippen LogP contribution in [0.15, 0.2) is 0 Å². The Labute approximate surface area is 117 Å². The van der Waals surface area contributed by atoms with Crippen molar-refractivity contribution in [3.8, 4) is 0 Å². The molecule has 5 heteroatoms. The first kappa shape index (κ1) is 16.2. The Kier molecular flexibility index (Phi) is 7.16. The molecule has 2 atom stereocenters. The molecule has 0 aromatic rings. The number of nitrogens with one attached hydrogen (secondary N) is 1. The number of carbonyl (C=O) groups excluding carboxylic acids is 1. The topological polar surface area (TPSA) is 44.8 Å². The van der Waals surface area contributed by atoms with Gasteiger partial charge in [-0.1, -0.05) is 13.3 Å². The molecule has 1 rings (SSSR count). The van der Waals surface area contributed by atoms with Crippen LogP contribution < -0.4 is 5.32 Å². The first-order valence-corrected chi connectivity index (χ1v) is 7.40. The summed E-state index contributed by atoms with van der Waals surface area (Å²) >= 11 is 0. The van der Waals surface area contributed by atoms with Gasteiger partial charge < -0.3 is 19.9 Å². The summed E-state index contributed by atoms with van der Waals surface area (Å²) in [6.07, 6.45) is 2.54. The van der Waals surface area contributed by atoms with Crippen LogP contribution in [0.1, 0.15) is 33.6 Å². The molecule has 19 heavy (non-hydrogen) atoms. The van der Waals surface area contributed by atoms with Crippen molar-refractivity contribution in [2.24, 2.45) is 0 Å². The molecule has 0 radical (unpaired) electrons. The highest BCUT2D eigenvalue weighted by atomic mass is 16.5. The molecule has 2 amide bonds. The zero-order valence-corrected chi connectivity index (χ0v) is 12.8. The number of morpholine rings is 1. The third-order valence-electron chi connectivity index (χ3n) is 3.81. The van der Waals surface area contributed by atoms with Gasteiger partial charge in [0.05, 0.1) is 18.8 Å². The van der Waals surface area contributed by atoms with E-state index in [4.69, 9.17) is 4.74 Å². The van der Waals surface area contributed by atoms with E-state index >= 15 is 0 Å². The van der Waals surface area contributed by atoms with E-state index in [9.17, 15) is 4.79 Å².